The van der Waals surface area contributed by atoms with Crippen molar-refractivity contribution in [3.05, 3.63) is 28.2 Å². The number of hydrogen-bond donors (Lipinski definition) is 2. The average molecular weight is 267 g/mol. The lowest BCUT2D eigenvalue weighted by molar-refractivity contribution is -0.138. The van der Waals surface area contributed by atoms with Crippen LogP contribution in [0.4, 0.5) is 0 Å². The first-order valence-corrected chi connectivity index (χ1v) is 6.07. The number of hydrogen-bond acceptors (Lipinski definition) is 4. The molecule has 1 heterocycles. The summed E-state index contributed by atoms with van der Waals surface area (Å²) in [6.07, 6.45) is 1.68. The molecule has 0 unspecified atom stereocenters. The summed E-state index contributed by atoms with van der Waals surface area (Å²) in [5.41, 5.74) is -0.250. The van der Waals surface area contributed by atoms with Gasteiger partial charge in [-0.05, 0) is 19.4 Å². The van der Waals surface area contributed by atoms with Gasteiger partial charge in [-0.1, -0.05) is 13.3 Å². The lowest BCUT2D eigenvalue weighted by Crippen LogP contribution is -2.39. The van der Waals surface area contributed by atoms with Crippen LogP contribution in [0.5, 0.6) is 0 Å². The number of carbonyl (C=O) groups excluding carboxylic acids is 1. The van der Waals surface area contributed by atoms with Crippen LogP contribution in [0.2, 0.25) is 0 Å². The molecular weight excluding hydrogens is 250 g/mol. The molecule has 0 bridgehead atoms. The van der Waals surface area contributed by atoms with Crippen LogP contribution < -0.4 is 10.9 Å². The van der Waals surface area contributed by atoms with Crippen LogP contribution in [0, 0.1) is 0 Å². The Morgan fingerprint density at radius 1 is 1.47 bits per heavy atom. The molecule has 2 N–H and O–H groups in total. The Balaban J connectivity index is 2.86. The normalized spacial score (nSPS) is 11.9. The molecule has 7 nitrogen and oxygen atoms in total. The lowest BCUT2D eigenvalue weighted by atomic mass is 10.3. The third-order valence-electron chi connectivity index (χ3n) is 2.54. The molecule has 7 heteroatoms. The van der Waals surface area contributed by atoms with Gasteiger partial charge in [0.2, 0.25) is 0 Å². The number of amides is 1. The van der Waals surface area contributed by atoms with Crippen molar-refractivity contribution >= 4 is 11.9 Å². The second kappa shape index (κ2) is 6.67. The number of rotatable bonds is 6. The zero-order chi connectivity index (χ0) is 14.4. The summed E-state index contributed by atoms with van der Waals surface area (Å²) in [5.74, 6) is -1.74. The number of nitrogens with one attached hydrogen (secondary N) is 1. The summed E-state index contributed by atoms with van der Waals surface area (Å²) < 4.78 is 1.21. The van der Waals surface area contributed by atoms with Crippen molar-refractivity contribution in [2.75, 3.05) is 0 Å². The molecular formula is C12H17N3O4. The Morgan fingerprint density at radius 3 is 2.74 bits per heavy atom. The molecule has 0 aliphatic carbocycles. The van der Waals surface area contributed by atoms with E-state index in [9.17, 15) is 14.4 Å². The van der Waals surface area contributed by atoms with Gasteiger partial charge in [0.1, 0.15) is 11.7 Å². The predicted octanol–water partition coefficient (Wildman–Crippen LogP) is 0.246. The fraction of sp³-hybridized carbons (Fsp3) is 0.500. The van der Waals surface area contributed by atoms with Gasteiger partial charge in [0.25, 0.3) is 11.5 Å². The molecule has 1 amide bonds. The highest BCUT2D eigenvalue weighted by Gasteiger charge is 2.16. The van der Waals surface area contributed by atoms with Gasteiger partial charge in [-0.25, -0.2) is 4.68 Å². The highest BCUT2D eigenvalue weighted by molar-refractivity contribution is 5.94. The first-order valence-electron chi connectivity index (χ1n) is 6.07. The first-order chi connectivity index (χ1) is 8.95. The van der Waals surface area contributed by atoms with E-state index in [1.54, 1.807) is 0 Å². The maximum Gasteiger partial charge on any atom is 0.325 e. The number of carboxylic acids is 1. The highest BCUT2D eigenvalue weighted by Crippen LogP contribution is 1.95. The molecule has 1 aromatic heterocycles. The van der Waals surface area contributed by atoms with Gasteiger partial charge in [-0.3, -0.25) is 14.4 Å². The molecule has 19 heavy (non-hydrogen) atoms. The standard InChI is InChI=1S/C12H17N3O4/c1-3-4-7-15-10(16)6-5-9(14-15)11(17)13-8(2)12(18)19/h5-6,8H,3-4,7H2,1-2H3,(H,13,17)(H,18,19)/t8-/m1/s1. The largest absolute Gasteiger partial charge is 0.480 e. The van der Waals surface area contributed by atoms with Crippen molar-refractivity contribution in [2.24, 2.45) is 0 Å². The van der Waals surface area contributed by atoms with E-state index in [4.69, 9.17) is 5.11 Å². The first kappa shape index (κ1) is 14.9. The average Bonchev–Trinajstić information content (AvgIpc) is 2.37. The molecule has 0 aliphatic heterocycles. The zero-order valence-corrected chi connectivity index (χ0v) is 10.9. The number of aliphatic carboxylic acids is 1. The van der Waals surface area contributed by atoms with Crippen molar-refractivity contribution < 1.29 is 14.7 Å². The monoisotopic (exact) mass is 267 g/mol. The van der Waals surface area contributed by atoms with Crippen molar-refractivity contribution in [3.8, 4) is 0 Å². The number of carboxylic acid groups (broad SMARTS) is 1. The number of aryl methyl sites for hydroxylation is 1. The summed E-state index contributed by atoms with van der Waals surface area (Å²) in [5, 5.41) is 14.9. The molecule has 0 spiro atoms. The molecule has 0 saturated heterocycles. The maximum absolute atomic E-state index is 11.7. The van der Waals surface area contributed by atoms with E-state index in [-0.39, 0.29) is 11.3 Å². The molecule has 0 saturated carbocycles. The van der Waals surface area contributed by atoms with E-state index in [0.29, 0.717) is 6.54 Å². The van der Waals surface area contributed by atoms with E-state index in [0.717, 1.165) is 12.8 Å². The Kier molecular flexibility index (Phi) is 5.23. The van der Waals surface area contributed by atoms with Gasteiger partial charge in [-0.15, -0.1) is 0 Å². The number of nitrogens with zero attached hydrogens (tertiary/aromatic N) is 2. The number of aromatic nitrogens is 2. The Labute approximate surface area is 110 Å². The SMILES string of the molecule is CCCCn1nc(C(=O)N[C@H](C)C(=O)O)ccc1=O. The van der Waals surface area contributed by atoms with Gasteiger partial charge in [0.05, 0.1) is 0 Å². The fourth-order valence-electron chi connectivity index (χ4n) is 1.37. The second-order valence-electron chi connectivity index (χ2n) is 4.17. The van der Waals surface area contributed by atoms with Gasteiger partial charge >= 0.3 is 5.97 Å². The lowest BCUT2D eigenvalue weighted by Gasteiger charge is -2.10. The second-order valence-corrected chi connectivity index (χ2v) is 4.17. The molecule has 0 fully saturated rings. The van der Waals surface area contributed by atoms with Crippen LogP contribution in [0.25, 0.3) is 0 Å². The maximum atomic E-state index is 11.7. The van der Waals surface area contributed by atoms with Gasteiger partial charge in [0.15, 0.2) is 0 Å². The molecule has 0 aromatic carbocycles. The van der Waals surface area contributed by atoms with Crippen LogP contribution in [-0.4, -0.2) is 32.8 Å². The summed E-state index contributed by atoms with van der Waals surface area (Å²) in [7, 11) is 0. The van der Waals surface area contributed by atoms with Crippen LogP contribution >= 0.6 is 0 Å². The molecule has 104 valence electrons. The van der Waals surface area contributed by atoms with Gasteiger partial charge < -0.3 is 10.4 Å². The number of carbonyl (C=O) groups is 2. The zero-order valence-electron chi connectivity index (χ0n) is 10.9. The molecule has 1 rings (SSSR count). The molecule has 1 aromatic rings. The minimum absolute atomic E-state index is 0.0313. The van der Waals surface area contributed by atoms with Gasteiger partial charge in [0, 0.05) is 12.6 Å². The Bertz CT molecular complexity index is 524. The van der Waals surface area contributed by atoms with Crippen LogP contribution in [0.15, 0.2) is 16.9 Å². The number of unbranched alkanes of at least 4 members (excludes halogenated alkanes) is 1. The molecule has 0 radical (unpaired) electrons. The van der Waals surface area contributed by atoms with E-state index >= 15 is 0 Å². The van der Waals surface area contributed by atoms with E-state index in [1.807, 2.05) is 6.92 Å². The van der Waals surface area contributed by atoms with Gasteiger partial charge in [-0.2, -0.15) is 5.10 Å². The van der Waals surface area contributed by atoms with Crippen LogP contribution in [0.1, 0.15) is 37.2 Å². The quantitative estimate of drug-likeness (QED) is 0.769. The van der Waals surface area contributed by atoms with E-state index in [2.05, 4.69) is 10.4 Å². The van der Waals surface area contributed by atoms with Crippen molar-refractivity contribution in [2.45, 2.75) is 39.3 Å². The molecule has 1 atom stereocenters. The summed E-state index contributed by atoms with van der Waals surface area (Å²) >= 11 is 0. The van der Waals surface area contributed by atoms with E-state index in [1.165, 1.54) is 23.7 Å². The minimum Gasteiger partial charge on any atom is -0.480 e. The fourth-order valence-corrected chi connectivity index (χ4v) is 1.37. The van der Waals surface area contributed by atoms with Crippen molar-refractivity contribution in [3.63, 3.8) is 0 Å². The third-order valence-corrected chi connectivity index (χ3v) is 2.54. The highest BCUT2D eigenvalue weighted by atomic mass is 16.4. The smallest absolute Gasteiger partial charge is 0.325 e. The topological polar surface area (TPSA) is 101 Å². The summed E-state index contributed by atoms with van der Waals surface area (Å²) in [6.45, 7) is 3.77. The predicted molar refractivity (Wildman–Crippen MR) is 68.0 cm³/mol. The minimum atomic E-state index is -1.13. The third kappa shape index (κ3) is 4.20. The van der Waals surface area contributed by atoms with Crippen molar-refractivity contribution in [1.82, 2.24) is 15.1 Å². The van der Waals surface area contributed by atoms with Crippen LogP contribution in [0.3, 0.4) is 0 Å². The molecule has 0 aliphatic rings. The van der Waals surface area contributed by atoms with Crippen molar-refractivity contribution in [1.29, 1.82) is 0 Å². The Hall–Kier alpha value is -2.18. The Morgan fingerprint density at radius 2 is 2.16 bits per heavy atom. The summed E-state index contributed by atoms with van der Waals surface area (Å²) in [6, 6.07) is 1.53. The summed E-state index contributed by atoms with van der Waals surface area (Å²) in [4.78, 5) is 33.9. The van der Waals surface area contributed by atoms with E-state index < -0.39 is 17.9 Å². The van der Waals surface area contributed by atoms with Crippen LogP contribution in [-0.2, 0) is 11.3 Å².